The van der Waals surface area contributed by atoms with Crippen LogP contribution in [-0.2, 0) is 7.05 Å². The topological polar surface area (TPSA) is 83.2 Å². The third-order valence-electron chi connectivity index (χ3n) is 3.78. The van der Waals surface area contributed by atoms with Crippen LogP contribution in [0.15, 0.2) is 43.0 Å². The average Bonchev–Trinajstić information content (AvgIpc) is 3.20. The summed E-state index contributed by atoms with van der Waals surface area (Å²) in [6.07, 6.45) is 6.28. The van der Waals surface area contributed by atoms with Crippen LogP contribution in [0.25, 0.3) is 33.5 Å². The molecule has 24 heavy (non-hydrogen) atoms. The van der Waals surface area contributed by atoms with E-state index >= 15 is 0 Å². The lowest BCUT2D eigenvalue weighted by molar-refractivity contribution is 0.621. The molecule has 1 N–H and O–H groups in total. The summed E-state index contributed by atoms with van der Waals surface area (Å²) < 4.78 is 14.8. The van der Waals surface area contributed by atoms with Gasteiger partial charge in [-0.05, 0) is 18.2 Å². The van der Waals surface area contributed by atoms with Crippen LogP contribution in [0.5, 0.6) is 0 Å². The number of nitrogens with zero attached hydrogens (tertiary/aromatic N) is 5. The van der Waals surface area contributed by atoms with Gasteiger partial charge in [-0.3, -0.25) is 9.67 Å². The molecule has 7 heteroatoms. The van der Waals surface area contributed by atoms with Crippen molar-refractivity contribution in [3.05, 3.63) is 54.4 Å². The number of pyridine rings is 2. The van der Waals surface area contributed by atoms with Gasteiger partial charge in [0.2, 0.25) is 0 Å². The number of hydrogen-bond acceptors (Lipinski definition) is 4. The molecule has 116 valence electrons. The maximum absolute atomic E-state index is 13.2. The summed E-state index contributed by atoms with van der Waals surface area (Å²) >= 11 is 0. The van der Waals surface area contributed by atoms with Crippen molar-refractivity contribution < 1.29 is 4.39 Å². The van der Waals surface area contributed by atoms with Crippen molar-refractivity contribution in [2.75, 3.05) is 0 Å². The molecule has 0 saturated carbocycles. The highest BCUT2D eigenvalue weighted by atomic mass is 19.1. The zero-order chi connectivity index (χ0) is 16.7. The zero-order valence-corrected chi connectivity index (χ0v) is 12.7. The van der Waals surface area contributed by atoms with Crippen molar-refractivity contribution in [3.63, 3.8) is 0 Å². The molecule has 0 fully saturated rings. The molecule has 0 atom stereocenters. The molecule has 0 aliphatic heterocycles. The van der Waals surface area contributed by atoms with E-state index < -0.39 is 5.82 Å². The number of aromatic amines is 1. The van der Waals surface area contributed by atoms with Gasteiger partial charge in [-0.15, -0.1) is 0 Å². The summed E-state index contributed by atoms with van der Waals surface area (Å²) in [6, 6.07) is 6.96. The quantitative estimate of drug-likeness (QED) is 0.616. The van der Waals surface area contributed by atoms with E-state index in [1.807, 2.05) is 12.3 Å². The standard InChI is InChI=1S/C17H11FN6/c1-24-9-13(16(23-24)14-3-2-11(18)8-21-14)15-10(6-19)7-22-17-12(15)4-5-20-17/h2-5,7-9H,1H3,(H,20,22). The first kappa shape index (κ1) is 14.1. The summed E-state index contributed by atoms with van der Waals surface area (Å²) in [6.45, 7) is 0. The fourth-order valence-corrected chi connectivity index (χ4v) is 2.76. The van der Waals surface area contributed by atoms with E-state index in [9.17, 15) is 9.65 Å². The Morgan fingerprint density at radius 1 is 1.21 bits per heavy atom. The Morgan fingerprint density at radius 3 is 2.83 bits per heavy atom. The summed E-state index contributed by atoms with van der Waals surface area (Å²) in [4.78, 5) is 11.4. The van der Waals surface area contributed by atoms with Gasteiger partial charge >= 0.3 is 0 Å². The second-order valence-corrected chi connectivity index (χ2v) is 5.33. The van der Waals surface area contributed by atoms with Crippen LogP contribution in [0.4, 0.5) is 4.39 Å². The van der Waals surface area contributed by atoms with Crippen molar-refractivity contribution in [1.29, 1.82) is 5.26 Å². The number of nitriles is 1. The Bertz CT molecular complexity index is 1080. The Morgan fingerprint density at radius 2 is 2.08 bits per heavy atom. The van der Waals surface area contributed by atoms with Crippen LogP contribution in [0.2, 0.25) is 0 Å². The van der Waals surface area contributed by atoms with Crippen molar-refractivity contribution >= 4 is 11.0 Å². The highest BCUT2D eigenvalue weighted by Crippen LogP contribution is 2.36. The van der Waals surface area contributed by atoms with Crippen molar-refractivity contribution in [1.82, 2.24) is 24.7 Å². The molecule has 0 amide bonds. The van der Waals surface area contributed by atoms with Gasteiger partial charge in [0.05, 0.1) is 17.5 Å². The highest BCUT2D eigenvalue weighted by molar-refractivity contribution is 5.99. The van der Waals surface area contributed by atoms with Gasteiger partial charge in [-0.2, -0.15) is 10.4 Å². The van der Waals surface area contributed by atoms with Crippen molar-refractivity contribution in [2.24, 2.45) is 7.05 Å². The molecule has 6 nitrogen and oxygen atoms in total. The first-order valence-corrected chi connectivity index (χ1v) is 7.19. The van der Waals surface area contributed by atoms with Gasteiger partial charge in [-0.25, -0.2) is 9.37 Å². The van der Waals surface area contributed by atoms with Gasteiger partial charge in [0.25, 0.3) is 0 Å². The Labute approximate surface area is 136 Å². The molecule has 0 spiro atoms. The van der Waals surface area contributed by atoms with E-state index in [-0.39, 0.29) is 0 Å². The molecule has 0 saturated heterocycles. The van der Waals surface area contributed by atoms with E-state index in [1.54, 1.807) is 24.0 Å². The smallest absolute Gasteiger partial charge is 0.141 e. The maximum Gasteiger partial charge on any atom is 0.141 e. The van der Waals surface area contributed by atoms with E-state index in [4.69, 9.17) is 0 Å². The molecule has 0 aromatic carbocycles. The molecular formula is C17H11FN6. The number of halogens is 1. The summed E-state index contributed by atoms with van der Waals surface area (Å²) in [7, 11) is 1.79. The second kappa shape index (κ2) is 5.28. The molecule has 4 heterocycles. The fourth-order valence-electron chi connectivity index (χ4n) is 2.76. The van der Waals surface area contributed by atoms with Crippen LogP contribution in [-0.4, -0.2) is 24.7 Å². The number of nitrogens with one attached hydrogen (secondary N) is 1. The lowest BCUT2D eigenvalue weighted by atomic mass is 9.98. The second-order valence-electron chi connectivity index (χ2n) is 5.33. The maximum atomic E-state index is 13.2. The normalized spacial score (nSPS) is 10.9. The third kappa shape index (κ3) is 2.13. The summed E-state index contributed by atoms with van der Waals surface area (Å²) in [5.74, 6) is -0.411. The predicted molar refractivity (Wildman–Crippen MR) is 86.2 cm³/mol. The fraction of sp³-hybridized carbons (Fsp3) is 0.0588. The number of rotatable bonds is 2. The number of fused-ring (bicyclic) bond motifs is 1. The average molecular weight is 318 g/mol. The number of H-pyrrole nitrogens is 1. The molecular weight excluding hydrogens is 307 g/mol. The van der Waals surface area contributed by atoms with Gasteiger partial charge in [0.15, 0.2) is 0 Å². The van der Waals surface area contributed by atoms with Crippen LogP contribution in [0.1, 0.15) is 5.56 Å². The van der Waals surface area contributed by atoms with Gasteiger partial charge in [0, 0.05) is 42.2 Å². The molecule has 4 aromatic heterocycles. The van der Waals surface area contributed by atoms with E-state index in [0.717, 1.165) is 22.7 Å². The van der Waals surface area contributed by atoms with Crippen molar-refractivity contribution in [2.45, 2.75) is 0 Å². The van der Waals surface area contributed by atoms with Crippen LogP contribution < -0.4 is 0 Å². The number of aromatic nitrogens is 5. The lowest BCUT2D eigenvalue weighted by Gasteiger charge is -2.06. The monoisotopic (exact) mass is 318 g/mol. The summed E-state index contributed by atoms with van der Waals surface area (Å²) in [5.41, 5.74) is 3.74. The molecule has 0 bridgehead atoms. The summed E-state index contributed by atoms with van der Waals surface area (Å²) in [5, 5.41) is 14.8. The molecule has 0 aliphatic rings. The zero-order valence-electron chi connectivity index (χ0n) is 12.7. The molecule has 4 aromatic rings. The minimum Gasteiger partial charge on any atom is -0.346 e. The number of aryl methyl sites for hydroxylation is 1. The van der Waals surface area contributed by atoms with Crippen LogP contribution in [0, 0.1) is 17.1 Å². The highest BCUT2D eigenvalue weighted by Gasteiger charge is 2.19. The predicted octanol–water partition coefficient (Wildman–Crippen LogP) is 3.04. The van der Waals surface area contributed by atoms with Crippen LogP contribution >= 0.6 is 0 Å². The largest absolute Gasteiger partial charge is 0.346 e. The first-order valence-electron chi connectivity index (χ1n) is 7.19. The lowest BCUT2D eigenvalue weighted by Crippen LogP contribution is -1.92. The number of hydrogen-bond donors (Lipinski definition) is 1. The first-order chi connectivity index (χ1) is 11.7. The minimum absolute atomic E-state index is 0.411. The Hall–Kier alpha value is -3.53. The molecule has 0 unspecified atom stereocenters. The minimum atomic E-state index is -0.411. The SMILES string of the molecule is Cn1cc(-c2c(C#N)cnc3[nH]ccc23)c(-c2ccc(F)cn2)n1. The van der Waals surface area contributed by atoms with Gasteiger partial charge < -0.3 is 4.98 Å². The van der Waals surface area contributed by atoms with E-state index in [2.05, 4.69) is 26.1 Å². The molecule has 4 rings (SSSR count). The Balaban J connectivity index is 2.04. The third-order valence-corrected chi connectivity index (χ3v) is 3.78. The molecule has 0 aliphatic carbocycles. The van der Waals surface area contributed by atoms with E-state index in [0.29, 0.717) is 22.6 Å². The van der Waals surface area contributed by atoms with Crippen LogP contribution in [0.3, 0.4) is 0 Å². The van der Waals surface area contributed by atoms with E-state index in [1.165, 1.54) is 12.3 Å². The van der Waals surface area contributed by atoms with Gasteiger partial charge in [-0.1, -0.05) is 0 Å². The Kier molecular flexibility index (Phi) is 3.10. The van der Waals surface area contributed by atoms with Gasteiger partial charge in [0.1, 0.15) is 23.2 Å². The molecule has 0 radical (unpaired) electrons. The van der Waals surface area contributed by atoms with Crippen molar-refractivity contribution in [3.8, 4) is 28.6 Å².